The van der Waals surface area contributed by atoms with E-state index in [-0.39, 0.29) is 0 Å². The van der Waals surface area contributed by atoms with Crippen LogP contribution < -0.4 is 0 Å². The van der Waals surface area contributed by atoms with Crippen molar-refractivity contribution in [1.29, 1.82) is 0 Å². The van der Waals surface area contributed by atoms with Gasteiger partial charge in [0.1, 0.15) is 0 Å². The summed E-state index contributed by atoms with van der Waals surface area (Å²) < 4.78 is 0. The number of aryl methyl sites for hydroxylation is 2. The van der Waals surface area contributed by atoms with Gasteiger partial charge in [-0.05, 0) is 24.2 Å². The summed E-state index contributed by atoms with van der Waals surface area (Å²) in [4.78, 5) is 16.4. The summed E-state index contributed by atoms with van der Waals surface area (Å²) in [7, 11) is 7.26. The Kier molecular flexibility index (Phi) is 12.6. The number of rotatable bonds is 2. The molecule has 0 heterocycles. The van der Waals surface area contributed by atoms with Crippen LogP contribution in [0.25, 0.3) is 43.8 Å². The van der Waals surface area contributed by atoms with Gasteiger partial charge in [-0.15, -0.1) is 69.1 Å². The molecule has 0 spiro atoms. The van der Waals surface area contributed by atoms with Crippen LogP contribution in [0.5, 0.6) is 0 Å². The van der Waals surface area contributed by atoms with Crippen molar-refractivity contribution in [3.63, 3.8) is 0 Å². The van der Waals surface area contributed by atoms with Crippen molar-refractivity contribution in [3.8, 4) is 22.3 Å². The summed E-state index contributed by atoms with van der Waals surface area (Å²) in [5.41, 5.74) is 7.89. The second kappa shape index (κ2) is 15.6. The van der Waals surface area contributed by atoms with Crippen LogP contribution in [0, 0.1) is 13.8 Å². The Hall–Kier alpha value is -2.30. The van der Waals surface area contributed by atoms with Crippen LogP contribution >= 0.6 is 17.0 Å². The van der Waals surface area contributed by atoms with Crippen LogP contribution in [0.15, 0.2) is 121 Å². The Morgan fingerprint density at radius 3 is 1.23 bits per heavy atom. The van der Waals surface area contributed by atoms with Crippen molar-refractivity contribution < 1.29 is 30.4 Å². The van der Waals surface area contributed by atoms with E-state index in [9.17, 15) is 0 Å². The van der Waals surface area contributed by atoms with Crippen LogP contribution in [-0.2, 0) is 20.8 Å². The Morgan fingerprint density at radius 2 is 0.900 bits per heavy atom. The number of halogens is 2. The first-order chi connectivity index (χ1) is 19.1. The number of benzene rings is 4. The first-order valence-corrected chi connectivity index (χ1v) is 22.2. The van der Waals surface area contributed by atoms with Crippen LogP contribution in [0.2, 0.25) is 13.1 Å². The van der Waals surface area contributed by atoms with Gasteiger partial charge in [0.05, 0.1) is 0 Å². The molecule has 40 heavy (non-hydrogen) atoms. The van der Waals surface area contributed by atoms with Gasteiger partial charge in [0.25, 0.3) is 0 Å². The van der Waals surface area contributed by atoms with Gasteiger partial charge < -0.3 is 9.59 Å². The van der Waals surface area contributed by atoms with Gasteiger partial charge in [0.15, 0.2) is 0 Å². The van der Waals surface area contributed by atoms with Crippen molar-refractivity contribution in [1.82, 2.24) is 0 Å². The Balaban J connectivity index is 0.000000175. The van der Waals surface area contributed by atoms with Crippen LogP contribution in [0.3, 0.4) is 0 Å². The number of hydrogen-bond acceptors (Lipinski definition) is 2. The summed E-state index contributed by atoms with van der Waals surface area (Å²) in [6, 6.07) is 43.1. The minimum atomic E-state index is -2.61. The third-order valence-corrected chi connectivity index (χ3v) is 5.96. The first-order valence-electron chi connectivity index (χ1n) is 12.9. The molecule has 2 N–H and O–H groups in total. The molecule has 0 amide bonds. The van der Waals surface area contributed by atoms with E-state index < -0.39 is 29.4 Å². The fourth-order valence-corrected chi connectivity index (χ4v) is 4.51. The molecular weight excluding hydrogens is 631 g/mol. The summed E-state index contributed by atoms with van der Waals surface area (Å²) in [5, 5.41) is 5.37. The molecule has 0 saturated heterocycles. The van der Waals surface area contributed by atoms with Gasteiger partial charge in [-0.2, -0.15) is 12.1 Å². The molecule has 204 valence electrons. The van der Waals surface area contributed by atoms with Gasteiger partial charge in [0.2, 0.25) is 0 Å². The van der Waals surface area contributed by atoms with E-state index in [0.29, 0.717) is 0 Å². The quantitative estimate of drug-likeness (QED) is 0.143. The molecule has 6 rings (SSSR count). The van der Waals surface area contributed by atoms with E-state index in [0.717, 1.165) is 0 Å². The van der Waals surface area contributed by atoms with E-state index in [1.54, 1.807) is 0 Å². The third kappa shape index (κ3) is 9.96. The van der Waals surface area contributed by atoms with E-state index in [4.69, 9.17) is 26.6 Å². The molecule has 6 aromatic rings. The zero-order chi connectivity index (χ0) is 29.1. The summed E-state index contributed by atoms with van der Waals surface area (Å²) in [5.74, 6) is 0. The standard InChI is InChI=1S/2C16H13.C2H8O2Si.2ClH.Zr/c2*1-12-10-14-8-5-9-15(16(14)11-12)13-6-3-2-4-7-13;1-5(2,3)4;;;/h2*2-11H,1H3;3-4H,1-2H3;2*1H;/q2*-1;;;;+4/p-2. The third-order valence-electron chi connectivity index (χ3n) is 5.96. The van der Waals surface area contributed by atoms with Crippen LogP contribution in [-0.4, -0.2) is 18.2 Å². The molecule has 0 radical (unpaired) electrons. The van der Waals surface area contributed by atoms with Crippen molar-refractivity contribution in [2.24, 2.45) is 0 Å². The number of hydrogen-bond donors (Lipinski definition) is 2. The van der Waals surface area contributed by atoms with E-state index >= 15 is 0 Å². The Bertz CT molecular complexity index is 1480. The second-order valence-electron chi connectivity index (χ2n) is 9.98. The van der Waals surface area contributed by atoms with E-state index in [1.165, 1.54) is 68.0 Å². The summed E-state index contributed by atoms with van der Waals surface area (Å²) in [6.07, 6.45) is 0. The molecule has 0 bridgehead atoms. The topological polar surface area (TPSA) is 40.5 Å². The molecule has 0 aliphatic carbocycles. The first kappa shape index (κ1) is 32.2. The maximum absolute atomic E-state index is 8.22. The van der Waals surface area contributed by atoms with Crippen molar-refractivity contribution in [2.75, 3.05) is 0 Å². The molecule has 0 aliphatic heterocycles. The van der Waals surface area contributed by atoms with Crippen molar-refractivity contribution in [3.05, 3.63) is 132 Å². The summed E-state index contributed by atoms with van der Waals surface area (Å²) >= 11 is -0.826. The average molecular weight is 665 g/mol. The molecule has 0 fully saturated rings. The predicted octanol–water partition coefficient (Wildman–Crippen LogP) is 10.1. The van der Waals surface area contributed by atoms with Gasteiger partial charge >= 0.3 is 46.4 Å². The molecule has 0 aliphatic rings. The zero-order valence-electron chi connectivity index (χ0n) is 23.2. The molecular formula is C34H34Cl2O2SiZr. The molecule has 0 saturated carbocycles. The van der Waals surface area contributed by atoms with Gasteiger partial charge in [-0.1, -0.05) is 97.8 Å². The SMILES string of the molecule is C[Si](C)(O)O.Cc1cc2c(-c3ccccc3)cccc2[cH-]1.Cc1cc2c(-c3ccccc3)cccc2[cH-]1.[Cl][Zr+2][Cl]. The van der Waals surface area contributed by atoms with Crippen molar-refractivity contribution in [2.45, 2.75) is 26.9 Å². The van der Waals surface area contributed by atoms with Gasteiger partial charge in [0, 0.05) is 0 Å². The molecule has 2 nitrogen and oxygen atoms in total. The molecule has 0 aromatic heterocycles. The summed E-state index contributed by atoms with van der Waals surface area (Å²) in [6.45, 7) is 7.17. The van der Waals surface area contributed by atoms with Crippen molar-refractivity contribution >= 4 is 47.1 Å². The fraction of sp³-hybridized carbons (Fsp3) is 0.118. The maximum atomic E-state index is 8.22. The molecule has 6 aromatic carbocycles. The van der Waals surface area contributed by atoms with Gasteiger partial charge in [-0.25, -0.2) is 0 Å². The normalized spacial score (nSPS) is 10.4. The molecule has 0 unspecified atom stereocenters. The molecule has 6 heteroatoms. The Labute approximate surface area is 257 Å². The van der Waals surface area contributed by atoms with Gasteiger partial charge in [-0.3, -0.25) is 0 Å². The van der Waals surface area contributed by atoms with E-state index in [2.05, 4.69) is 135 Å². The predicted molar refractivity (Wildman–Crippen MR) is 173 cm³/mol. The average Bonchev–Trinajstić information content (AvgIpc) is 3.50. The Morgan fingerprint density at radius 1 is 0.575 bits per heavy atom. The van der Waals surface area contributed by atoms with Crippen LogP contribution in [0.4, 0.5) is 0 Å². The second-order valence-corrected chi connectivity index (χ2v) is 16.7. The van der Waals surface area contributed by atoms with Crippen LogP contribution in [0.1, 0.15) is 11.1 Å². The molecule has 0 atom stereocenters. The zero-order valence-corrected chi connectivity index (χ0v) is 28.2. The fourth-order valence-electron chi connectivity index (χ4n) is 4.51. The monoisotopic (exact) mass is 662 g/mol. The number of fused-ring (bicyclic) bond motifs is 2. The minimum absolute atomic E-state index is 0.826. The van der Waals surface area contributed by atoms with E-state index in [1.807, 2.05) is 0 Å².